The molecule has 0 bridgehead atoms. The Morgan fingerprint density at radius 1 is 0.969 bits per heavy atom. The van der Waals surface area contributed by atoms with Crippen LogP contribution in [0.3, 0.4) is 0 Å². The van der Waals surface area contributed by atoms with Crippen LogP contribution in [0.2, 0.25) is 0 Å². The summed E-state index contributed by atoms with van der Waals surface area (Å²) in [6.07, 6.45) is 0. The summed E-state index contributed by atoms with van der Waals surface area (Å²) in [5, 5.41) is 15.2. The molecule has 11 heteroatoms. The van der Waals surface area contributed by atoms with Gasteiger partial charge in [-0.25, -0.2) is 4.68 Å². The van der Waals surface area contributed by atoms with E-state index in [0.717, 1.165) is 16.9 Å². The van der Waals surface area contributed by atoms with E-state index in [1.54, 1.807) is 45.3 Å². The Bertz CT molecular complexity index is 1020. The van der Waals surface area contributed by atoms with Gasteiger partial charge in [-0.15, -0.1) is 5.10 Å². The lowest BCUT2D eigenvalue weighted by Gasteiger charge is -2.14. The van der Waals surface area contributed by atoms with Gasteiger partial charge in [-0.1, -0.05) is 23.9 Å². The molecule has 0 saturated carbocycles. The number of hydrogen-bond acceptors (Lipinski definition) is 9. The van der Waals surface area contributed by atoms with Crippen molar-refractivity contribution in [3.63, 3.8) is 0 Å². The summed E-state index contributed by atoms with van der Waals surface area (Å²) in [5.74, 6) is 2.37. The van der Waals surface area contributed by atoms with E-state index in [9.17, 15) is 4.79 Å². The van der Waals surface area contributed by atoms with Gasteiger partial charge in [0.05, 0.1) is 40.7 Å². The van der Waals surface area contributed by atoms with Crippen LogP contribution in [-0.4, -0.2) is 60.3 Å². The molecule has 3 aromatic rings. The predicted octanol–water partition coefficient (Wildman–Crippen LogP) is 2.16. The number of methoxy groups -OCH3 is 4. The molecule has 2 aromatic carbocycles. The van der Waals surface area contributed by atoms with Gasteiger partial charge in [-0.2, -0.15) is 0 Å². The minimum absolute atomic E-state index is 0.150. The second kappa shape index (κ2) is 11.2. The van der Waals surface area contributed by atoms with Gasteiger partial charge >= 0.3 is 0 Å². The summed E-state index contributed by atoms with van der Waals surface area (Å²) in [5.41, 5.74) is 1.84. The highest BCUT2D eigenvalue weighted by Gasteiger charge is 2.14. The molecule has 0 aliphatic heterocycles. The number of carbonyl (C=O) groups is 1. The fourth-order valence-electron chi connectivity index (χ4n) is 2.92. The van der Waals surface area contributed by atoms with Gasteiger partial charge in [0, 0.05) is 6.54 Å². The molecule has 0 fully saturated rings. The summed E-state index contributed by atoms with van der Waals surface area (Å²) < 4.78 is 22.8. The quantitative estimate of drug-likeness (QED) is 0.431. The largest absolute Gasteiger partial charge is 0.497 e. The Kier molecular flexibility index (Phi) is 8.14. The second-order valence-corrected chi connectivity index (χ2v) is 7.51. The monoisotopic (exact) mass is 459 g/mol. The van der Waals surface area contributed by atoms with Crippen molar-refractivity contribution in [1.29, 1.82) is 0 Å². The number of carbonyl (C=O) groups excluding carboxylic acids is 1. The molecule has 170 valence electrons. The van der Waals surface area contributed by atoms with Gasteiger partial charge in [-0.3, -0.25) is 4.79 Å². The number of nitrogens with one attached hydrogen (secondary N) is 1. The molecule has 1 aromatic heterocycles. The Labute approximate surface area is 190 Å². The molecule has 3 rings (SSSR count). The number of nitrogens with zero attached hydrogens (tertiary/aromatic N) is 4. The van der Waals surface area contributed by atoms with Crippen LogP contribution >= 0.6 is 11.8 Å². The van der Waals surface area contributed by atoms with Gasteiger partial charge in [0.1, 0.15) is 5.75 Å². The Balaban J connectivity index is 1.55. The Morgan fingerprint density at radius 2 is 1.66 bits per heavy atom. The van der Waals surface area contributed by atoms with Crippen LogP contribution in [0, 0.1) is 0 Å². The summed E-state index contributed by atoms with van der Waals surface area (Å²) in [7, 11) is 6.26. The fourth-order valence-corrected chi connectivity index (χ4v) is 3.63. The normalized spacial score (nSPS) is 10.5. The van der Waals surface area contributed by atoms with E-state index < -0.39 is 0 Å². The molecular weight excluding hydrogens is 434 g/mol. The number of ether oxygens (including phenoxy) is 4. The van der Waals surface area contributed by atoms with Crippen molar-refractivity contribution in [2.75, 3.05) is 34.2 Å². The lowest BCUT2D eigenvalue weighted by molar-refractivity contribution is -0.118. The van der Waals surface area contributed by atoms with E-state index >= 15 is 0 Å². The topological polar surface area (TPSA) is 110 Å². The lowest BCUT2D eigenvalue weighted by Crippen LogP contribution is -2.24. The third kappa shape index (κ3) is 5.82. The SMILES string of the molecule is COc1ccc(Cn2nnnc2SCC(=O)NCc2cc(OC)c(OC)c(OC)c2)cc1. The molecule has 0 aliphatic carbocycles. The maximum atomic E-state index is 12.4. The average molecular weight is 460 g/mol. The van der Waals surface area contributed by atoms with E-state index in [2.05, 4.69) is 20.8 Å². The lowest BCUT2D eigenvalue weighted by atomic mass is 10.2. The smallest absolute Gasteiger partial charge is 0.230 e. The zero-order valence-corrected chi connectivity index (χ0v) is 19.1. The first kappa shape index (κ1) is 23.2. The summed E-state index contributed by atoms with van der Waals surface area (Å²) in [6.45, 7) is 0.805. The van der Waals surface area contributed by atoms with Crippen molar-refractivity contribution in [3.8, 4) is 23.0 Å². The standard InChI is InChI=1S/C21H25N5O5S/c1-28-16-7-5-14(6-8-16)12-26-21(23-24-25-26)32-13-19(27)22-11-15-9-17(29-2)20(31-4)18(10-15)30-3/h5-10H,11-13H2,1-4H3,(H,22,27). The van der Waals surface area contributed by atoms with Gasteiger partial charge in [0.2, 0.25) is 16.8 Å². The van der Waals surface area contributed by atoms with Gasteiger partial charge in [-0.05, 0) is 45.8 Å². The molecule has 0 spiro atoms. The zero-order chi connectivity index (χ0) is 22.9. The number of rotatable bonds is 11. The van der Waals surface area contributed by atoms with Crippen LogP contribution in [0.25, 0.3) is 0 Å². The maximum absolute atomic E-state index is 12.4. The number of aromatic nitrogens is 4. The highest BCUT2D eigenvalue weighted by Crippen LogP contribution is 2.38. The van der Waals surface area contributed by atoms with E-state index in [4.69, 9.17) is 18.9 Å². The Morgan fingerprint density at radius 3 is 2.25 bits per heavy atom. The number of benzene rings is 2. The van der Waals surface area contributed by atoms with Crippen molar-refractivity contribution >= 4 is 17.7 Å². The molecule has 10 nitrogen and oxygen atoms in total. The summed E-state index contributed by atoms with van der Waals surface area (Å²) >= 11 is 1.27. The predicted molar refractivity (Wildman–Crippen MR) is 119 cm³/mol. The fraction of sp³-hybridized carbons (Fsp3) is 0.333. The average Bonchev–Trinajstić information content (AvgIpc) is 3.27. The highest BCUT2D eigenvalue weighted by molar-refractivity contribution is 7.99. The van der Waals surface area contributed by atoms with Crippen LogP contribution in [-0.2, 0) is 17.9 Å². The van der Waals surface area contributed by atoms with E-state index in [1.165, 1.54) is 11.8 Å². The molecule has 32 heavy (non-hydrogen) atoms. The molecule has 0 unspecified atom stereocenters. The van der Waals surface area contributed by atoms with Crippen molar-refractivity contribution in [1.82, 2.24) is 25.5 Å². The van der Waals surface area contributed by atoms with E-state index in [0.29, 0.717) is 35.5 Å². The molecular formula is C21H25N5O5S. The van der Waals surface area contributed by atoms with Gasteiger partial charge < -0.3 is 24.3 Å². The maximum Gasteiger partial charge on any atom is 0.230 e. The van der Waals surface area contributed by atoms with Gasteiger partial charge in [0.25, 0.3) is 0 Å². The van der Waals surface area contributed by atoms with Crippen molar-refractivity contribution < 1.29 is 23.7 Å². The van der Waals surface area contributed by atoms with Crippen molar-refractivity contribution in [3.05, 3.63) is 47.5 Å². The third-order valence-corrected chi connectivity index (χ3v) is 5.49. The minimum Gasteiger partial charge on any atom is -0.497 e. The molecule has 0 saturated heterocycles. The van der Waals surface area contributed by atoms with Gasteiger partial charge in [0.15, 0.2) is 11.5 Å². The number of hydrogen-bond donors (Lipinski definition) is 1. The van der Waals surface area contributed by atoms with E-state index in [1.807, 2.05) is 24.3 Å². The number of thioether (sulfide) groups is 1. The molecule has 0 aliphatic rings. The third-order valence-electron chi connectivity index (χ3n) is 4.54. The number of tetrazole rings is 1. The van der Waals surface area contributed by atoms with Crippen LogP contribution in [0.1, 0.15) is 11.1 Å². The van der Waals surface area contributed by atoms with Crippen LogP contribution < -0.4 is 24.3 Å². The highest BCUT2D eigenvalue weighted by atomic mass is 32.2. The first-order valence-electron chi connectivity index (χ1n) is 9.65. The van der Waals surface area contributed by atoms with E-state index in [-0.39, 0.29) is 11.7 Å². The first-order valence-corrected chi connectivity index (χ1v) is 10.6. The Hall–Kier alpha value is -3.47. The summed E-state index contributed by atoms with van der Waals surface area (Å²) in [6, 6.07) is 11.2. The van der Waals surface area contributed by atoms with Crippen molar-refractivity contribution in [2.24, 2.45) is 0 Å². The van der Waals surface area contributed by atoms with Crippen LogP contribution in [0.4, 0.5) is 0 Å². The first-order chi connectivity index (χ1) is 15.6. The summed E-state index contributed by atoms with van der Waals surface area (Å²) in [4.78, 5) is 12.4. The molecule has 1 N–H and O–H groups in total. The second-order valence-electron chi connectivity index (χ2n) is 6.57. The van der Waals surface area contributed by atoms with Crippen molar-refractivity contribution in [2.45, 2.75) is 18.2 Å². The minimum atomic E-state index is -0.150. The number of amides is 1. The zero-order valence-electron chi connectivity index (χ0n) is 18.3. The van der Waals surface area contributed by atoms with Crippen LogP contribution in [0.5, 0.6) is 23.0 Å². The molecule has 1 amide bonds. The molecule has 0 radical (unpaired) electrons. The van der Waals surface area contributed by atoms with Crippen LogP contribution in [0.15, 0.2) is 41.6 Å². The molecule has 1 heterocycles. The molecule has 0 atom stereocenters.